The summed E-state index contributed by atoms with van der Waals surface area (Å²) in [6, 6.07) is 4.89. The Morgan fingerprint density at radius 3 is 2.58 bits per heavy atom. The zero-order chi connectivity index (χ0) is 13.7. The fraction of sp³-hybridized carbons (Fsp3) is 0.417. The molecular formula is C12H17Cl3N2O2. The highest BCUT2D eigenvalue weighted by Gasteiger charge is 2.19. The van der Waals surface area contributed by atoms with Crippen molar-refractivity contribution in [3.8, 4) is 0 Å². The van der Waals surface area contributed by atoms with Gasteiger partial charge in [-0.3, -0.25) is 4.79 Å². The summed E-state index contributed by atoms with van der Waals surface area (Å²) in [5.74, 6) is -0.265. The summed E-state index contributed by atoms with van der Waals surface area (Å²) in [6.45, 7) is 1.96. The molecule has 0 saturated heterocycles. The predicted octanol–water partition coefficient (Wildman–Crippen LogP) is 2.57. The van der Waals surface area contributed by atoms with Gasteiger partial charge < -0.3 is 15.8 Å². The Kier molecular flexibility index (Phi) is 8.38. The molecule has 0 aromatic heterocycles. The van der Waals surface area contributed by atoms with E-state index in [4.69, 9.17) is 33.7 Å². The van der Waals surface area contributed by atoms with Gasteiger partial charge in [-0.2, -0.15) is 0 Å². The van der Waals surface area contributed by atoms with E-state index in [1.807, 2.05) is 6.92 Å². The third-order valence-electron chi connectivity index (χ3n) is 2.58. The fourth-order valence-electron chi connectivity index (χ4n) is 1.55. The van der Waals surface area contributed by atoms with Gasteiger partial charge in [-0.05, 0) is 24.6 Å². The highest BCUT2D eigenvalue weighted by Crippen LogP contribution is 2.26. The van der Waals surface area contributed by atoms with E-state index in [2.05, 4.69) is 5.32 Å². The summed E-state index contributed by atoms with van der Waals surface area (Å²) in [7, 11) is 1.44. The van der Waals surface area contributed by atoms with Crippen LogP contribution in [0.15, 0.2) is 18.2 Å². The van der Waals surface area contributed by atoms with Crippen LogP contribution in [0.25, 0.3) is 0 Å². The zero-order valence-electron chi connectivity index (χ0n) is 10.7. The van der Waals surface area contributed by atoms with Gasteiger partial charge in [0.25, 0.3) is 5.91 Å². The van der Waals surface area contributed by atoms with Crippen LogP contribution in [-0.2, 0) is 9.53 Å². The maximum absolute atomic E-state index is 11.8. The molecule has 0 bridgehead atoms. The SMILES string of the molecule is COC(CN)C(=O)NC(C)c1ccc(Cl)cc1Cl.Cl. The van der Waals surface area contributed by atoms with E-state index in [-0.39, 0.29) is 30.9 Å². The van der Waals surface area contributed by atoms with E-state index in [0.29, 0.717) is 10.0 Å². The van der Waals surface area contributed by atoms with Crippen LogP contribution in [0.1, 0.15) is 18.5 Å². The zero-order valence-corrected chi connectivity index (χ0v) is 13.0. The molecule has 108 valence electrons. The molecule has 0 fully saturated rings. The van der Waals surface area contributed by atoms with E-state index in [0.717, 1.165) is 5.56 Å². The minimum atomic E-state index is -0.654. The Morgan fingerprint density at radius 1 is 1.47 bits per heavy atom. The molecule has 7 heteroatoms. The van der Waals surface area contributed by atoms with Crippen LogP contribution in [0.2, 0.25) is 10.0 Å². The fourth-order valence-corrected chi connectivity index (χ4v) is 2.12. The van der Waals surface area contributed by atoms with Crippen molar-refractivity contribution < 1.29 is 9.53 Å². The van der Waals surface area contributed by atoms with Gasteiger partial charge in [0.1, 0.15) is 6.10 Å². The van der Waals surface area contributed by atoms with Crippen LogP contribution in [0, 0.1) is 0 Å². The van der Waals surface area contributed by atoms with Gasteiger partial charge in [0.15, 0.2) is 0 Å². The Hall–Kier alpha value is -0.520. The Labute approximate surface area is 129 Å². The Bertz CT molecular complexity index is 425. The molecule has 2 atom stereocenters. The molecule has 1 aromatic rings. The molecule has 0 heterocycles. The predicted molar refractivity (Wildman–Crippen MR) is 80.1 cm³/mol. The van der Waals surface area contributed by atoms with Crippen molar-refractivity contribution in [2.75, 3.05) is 13.7 Å². The van der Waals surface area contributed by atoms with Gasteiger partial charge in [0.2, 0.25) is 0 Å². The number of nitrogens with one attached hydrogen (secondary N) is 1. The van der Waals surface area contributed by atoms with Crippen molar-refractivity contribution in [3.05, 3.63) is 33.8 Å². The topological polar surface area (TPSA) is 64.3 Å². The number of carbonyl (C=O) groups excluding carboxylic acids is 1. The Balaban J connectivity index is 0.00000324. The summed E-state index contributed by atoms with van der Waals surface area (Å²) < 4.78 is 4.96. The lowest BCUT2D eigenvalue weighted by atomic mass is 10.1. The number of methoxy groups -OCH3 is 1. The van der Waals surface area contributed by atoms with Crippen LogP contribution in [0.5, 0.6) is 0 Å². The molecule has 0 spiro atoms. The summed E-state index contributed by atoms with van der Waals surface area (Å²) in [4.78, 5) is 11.8. The number of ether oxygens (including phenoxy) is 1. The Morgan fingerprint density at radius 2 is 2.11 bits per heavy atom. The smallest absolute Gasteiger partial charge is 0.250 e. The molecule has 0 saturated carbocycles. The molecule has 0 aliphatic heterocycles. The van der Waals surface area contributed by atoms with Crippen LogP contribution in [0.3, 0.4) is 0 Å². The van der Waals surface area contributed by atoms with Crippen LogP contribution >= 0.6 is 35.6 Å². The van der Waals surface area contributed by atoms with Gasteiger partial charge in [-0.1, -0.05) is 29.3 Å². The van der Waals surface area contributed by atoms with Crippen molar-refractivity contribution in [3.63, 3.8) is 0 Å². The van der Waals surface area contributed by atoms with Gasteiger partial charge in [0.05, 0.1) is 6.04 Å². The third-order valence-corrected chi connectivity index (χ3v) is 3.14. The van der Waals surface area contributed by atoms with Crippen molar-refractivity contribution >= 4 is 41.5 Å². The third kappa shape index (κ3) is 5.16. The van der Waals surface area contributed by atoms with E-state index in [1.54, 1.807) is 18.2 Å². The molecule has 4 nitrogen and oxygen atoms in total. The largest absolute Gasteiger partial charge is 0.370 e. The number of nitrogens with two attached hydrogens (primary N) is 1. The second-order valence-electron chi connectivity index (χ2n) is 3.86. The molecule has 1 aromatic carbocycles. The first-order valence-electron chi connectivity index (χ1n) is 5.47. The van der Waals surface area contributed by atoms with E-state index < -0.39 is 6.10 Å². The first kappa shape index (κ1) is 18.5. The van der Waals surface area contributed by atoms with E-state index >= 15 is 0 Å². The molecule has 1 rings (SSSR count). The summed E-state index contributed by atoms with van der Waals surface area (Å²) >= 11 is 11.9. The van der Waals surface area contributed by atoms with E-state index in [1.165, 1.54) is 7.11 Å². The molecule has 0 aliphatic rings. The average molecular weight is 328 g/mol. The number of amides is 1. The first-order valence-corrected chi connectivity index (χ1v) is 6.23. The van der Waals surface area contributed by atoms with Crippen molar-refractivity contribution in [2.24, 2.45) is 5.73 Å². The van der Waals surface area contributed by atoms with Gasteiger partial charge >= 0.3 is 0 Å². The summed E-state index contributed by atoms with van der Waals surface area (Å²) in [6.07, 6.45) is -0.654. The van der Waals surface area contributed by atoms with Gasteiger partial charge in [-0.15, -0.1) is 12.4 Å². The molecule has 3 N–H and O–H groups in total. The normalized spacial score (nSPS) is 13.3. The van der Waals surface area contributed by atoms with Crippen molar-refractivity contribution in [1.82, 2.24) is 5.32 Å². The summed E-state index contributed by atoms with van der Waals surface area (Å²) in [5.41, 5.74) is 6.21. The number of rotatable bonds is 5. The highest BCUT2D eigenvalue weighted by atomic mass is 35.5. The lowest BCUT2D eigenvalue weighted by Crippen LogP contribution is -2.41. The maximum atomic E-state index is 11.8. The number of hydrogen-bond acceptors (Lipinski definition) is 3. The molecule has 2 unspecified atom stereocenters. The van der Waals surface area contributed by atoms with Gasteiger partial charge in [0, 0.05) is 23.7 Å². The molecule has 0 aliphatic carbocycles. The minimum absolute atomic E-state index is 0. The molecule has 0 radical (unpaired) electrons. The van der Waals surface area contributed by atoms with Crippen LogP contribution < -0.4 is 11.1 Å². The number of hydrogen-bond donors (Lipinski definition) is 2. The standard InChI is InChI=1S/C12H16Cl2N2O2.ClH/c1-7(16-12(17)11(6-15)18-2)9-4-3-8(13)5-10(9)14;/h3-5,7,11H,6,15H2,1-2H3,(H,16,17);1H. The maximum Gasteiger partial charge on any atom is 0.250 e. The number of carbonyl (C=O) groups is 1. The molecule has 1 amide bonds. The van der Waals surface area contributed by atoms with Crippen LogP contribution in [-0.4, -0.2) is 25.7 Å². The minimum Gasteiger partial charge on any atom is -0.370 e. The lowest BCUT2D eigenvalue weighted by molar-refractivity contribution is -0.131. The van der Waals surface area contributed by atoms with Crippen LogP contribution in [0.4, 0.5) is 0 Å². The molecule has 19 heavy (non-hydrogen) atoms. The highest BCUT2D eigenvalue weighted by molar-refractivity contribution is 6.35. The number of halogens is 3. The van der Waals surface area contributed by atoms with Crippen molar-refractivity contribution in [1.29, 1.82) is 0 Å². The number of benzene rings is 1. The first-order chi connectivity index (χ1) is 8.49. The monoisotopic (exact) mass is 326 g/mol. The van der Waals surface area contributed by atoms with Gasteiger partial charge in [-0.25, -0.2) is 0 Å². The second kappa shape index (κ2) is 8.61. The van der Waals surface area contributed by atoms with E-state index in [9.17, 15) is 4.79 Å². The second-order valence-corrected chi connectivity index (χ2v) is 4.70. The summed E-state index contributed by atoms with van der Waals surface area (Å²) in [5, 5.41) is 3.85. The molecular weight excluding hydrogens is 311 g/mol. The van der Waals surface area contributed by atoms with Crippen molar-refractivity contribution in [2.45, 2.75) is 19.1 Å². The average Bonchev–Trinajstić information content (AvgIpc) is 2.30. The quantitative estimate of drug-likeness (QED) is 0.873. The lowest BCUT2D eigenvalue weighted by Gasteiger charge is -2.19.